The zero-order chi connectivity index (χ0) is 17.4. The number of halogens is 1. The second-order valence-corrected chi connectivity index (χ2v) is 5.81. The molecule has 1 N–H and O–H groups in total. The number of anilines is 1. The monoisotopic (exact) mass is 341 g/mol. The number of hydrogen-bond acceptors (Lipinski definition) is 6. The zero-order valence-corrected chi connectivity index (χ0v) is 13.6. The minimum atomic E-state index is -1.26. The first kappa shape index (κ1) is 16.7. The maximum Gasteiger partial charge on any atom is 0.332 e. The number of fused-ring (bicyclic) bond motifs is 1. The Kier molecular flexibility index (Phi) is 4.41. The molecule has 0 amide bonds. The zero-order valence-electron chi connectivity index (χ0n) is 13.6. The lowest BCUT2D eigenvalue weighted by Gasteiger charge is -2.28. The number of hydrogen-bond donors (Lipinski definition) is 1. The number of aryl methyl sites for hydroxylation is 1. The highest BCUT2D eigenvalue weighted by atomic mass is 19.1. The van der Waals surface area contributed by atoms with Gasteiger partial charge in [0.05, 0.1) is 19.8 Å². The van der Waals surface area contributed by atoms with E-state index in [1.165, 1.54) is 23.2 Å². The van der Waals surface area contributed by atoms with Gasteiger partial charge in [-0.2, -0.15) is 4.98 Å². The first-order valence-corrected chi connectivity index (χ1v) is 7.68. The van der Waals surface area contributed by atoms with E-state index < -0.39 is 24.0 Å². The van der Waals surface area contributed by atoms with Gasteiger partial charge in [-0.15, -0.1) is 0 Å². The van der Waals surface area contributed by atoms with Crippen LogP contribution < -0.4 is 16.1 Å². The Hall–Kier alpha value is -2.20. The number of ether oxygens (including phenoxy) is 1. The Bertz CT molecular complexity index is 865. The summed E-state index contributed by atoms with van der Waals surface area (Å²) in [6.07, 6.45) is -1.26. The average molecular weight is 341 g/mol. The number of rotatable bonds is 4. The highest BCUT2D eigenvalue weighted by molar-refractivity contribution is 5.74. The summed E-state index contributed by atoms with van der Waals surface area (Å²) in [6.45, 7) is 1.08. The van der Waals surface area contributed by atoms with Crippen LogP contribution in [-0.2, 0) is 25.4 Å². The fourth-order valence-corrected chi connectivity index (χ4v) is 2.87. The normalized spacial score (nSPS) is 16.8. The number of aromatic nitrogens is 4. The van der Waals surface area contributed by atoms with Crippen LogP contribution in [0.3, 0.4) is 0 Å². The fourth-order valence-electron chi connectivity index (χ4n) is 2.87. The molecule has 1 unspecified atom stereocenters. The third-order valence-electron chi connectivity index (χ3n) is 4.19. The molecule has 2 aromatic rings. The minimum absolute atomic E-state index is 0.118. The predicted molar refractivity (Wildman–Crippen MR) is 85.2 cm³/mol. The minimum Gasteiger partial charge on any atom is -0.389 e. The summed E-state index contributed by atoms with van der Waals surface area (Å²) in [6, 6.07) is 0. The Morgan fingerprint density at radius 2 is 1.92 bits per heavy atom. The summed E-state index contributed by atoms with van der Waals surface area (Å²) in [5.41, 5.74) is -0.618. The van der Waals surface area contributed by atoms with Crippen molar-refractivity contribution in [3.8, 4) is 0 Å². The molecule has 2 aromatic heterocycles. The first-order chi connectivity index (χ1) is 11.5. The van der Waals surface area contributed by atoms with E-state index in [0.717, 1.165) is 4.57 Å². The molecule has 24 heavy (non-hydrogen) atoms. The van der Waals surface area contributed by atoms with Crippen LogP contribution in [0.5, 0.6) is 0 Å². The van der Waals surface area contributed by atoms with Crippen LogP contribution in [0.1, 0.15) is 0 Å². The van der Waals surface area contributed by atoms with E-state index in [-0.39, 0.29) is 17.7 Å². The van der Waals surface area contributed by atoms with E-state index in [1.54, 1.807) is 0 Å². The molecule has 132 valence electrons. The summed E-state index contributed by atoms with van der Waals surface area (Å²) in [4.78, 5) is 31.0. The number of aliphatic hydroxyl groups is 1. The molecule has 1 aliphatic heterocycles. The van der Waals surface area contributed by atoms with Crippen molar-refractivity contribution < 1.29 is 14.2 Å². The van der Waals surface area contributed by atoms with Crippen molar-refractivity contribution in [3.63, 3.8) is 0 Å². The van der Waals surface area contributed by atoms with E-state index in [2.05, 4.69) is 4.98 Å². The van der Waals surface area contributed by atoms with Crippen LogP contribution >= 0.6 is 0 Å². The van der Waals surface area contributed by atoms with E-state index >= 15 is 0 Å². The molecule has 0 spiro atoms. The standard InChI is InChI=1S/C14H20FN5O4/c1-17-11-10(12(22)18(2)14(17)23)20(8-9(21)7-15)13(16-11)19-3-5-24-6-4-19/h9,21H,3-8H2,1-2H3. The number of aliphatic hydroxyl groups excluding tert-OH is 1. The van der Waals surface area contributed by atoms with Gasteiger partial charge >= 0.3 is 5.69 Å². The average Bonchev–Trinajstić information content (AvgIpc) is 2.98. The molecule has 0 aliphatic carbocycles. The molecule has 3 heterocycles. The van der Waals surface area contributed by atoms with E-state index in [4.69, 9.17) is 4.74 Å². The summed E-state index contributed by atoms with van der Waals surface area (Å²) < 4.78 is 21.9. The largest absolute Gasteiger partial charge is 0.389 e. The van der Waals surface area contributed by atoms with Gasteiger partial charge in [0.2, 0.25) is 5.95 Å². The van der Waals surface area contributed by atoms with Crippen LogP contribution in [0.25, 0.3) is 11.2 Å². The topological polar surface area (TPSA) is 94.5 Å². The number of morpholine rings is 1. The van der Waals surface area contributed by atoms with Crippen molar-refractivity contribution in [2.45, 2.75) is 12.6 Å². The highest BCUT2D eigenvalue weighted by Crippen LogP contribution is 2.21. The Morgan fingerprint density at radius 3 is 2.54 bits per heavy atom. The van der Waals surface area contributed by atoms with Crippen molar-refractivity contribution in [3.05, 3.63) is 20.8 Å². The highest BCUT2D eigenvalue weighted by Gasteiger charge is 2.25. The molecule has 9 nitrogen and oxygen atoms in total. The SMILES string of the molecule is Cn1c(=O)c2c(nc(N3CCOCC3)n2CC(O)CF)n(C)c1=O. The fraction of sp³-hybridized carbons (Fsp3) is 0.643. The summed E-state index contributed by atoms with van der Waals surface area (Å²) >= 11 is 0. The van der Waals surface area contributed by atoms with Gasteiger partial charge in [-0.3, -0.25) is 13.9 Å². The Morgan fingerprint density at radius 1 is 1.25 bits per heavy atom. The molecule has 1 saturated heterocycles. The van der Waals surface area contributed by atoms with Gasteiger partial charge in [0.25, 0.3) is 5.56 Å². The van der Waals surface area contributed by atoms with Crippen LogP contribution in [-0.4, -0.2) is 62.9 Å². The second-order valence-electron chi connectivity index (χ2n) is 5.81. The maximum atomic E-state index is 12.8. The number of alkyl halides is 1. The maximum absolute atomic E-state index is 12.8. The van der Waals surface area contributed by atoms with Crippen LogP contribution in [0.4, 0.5) is 10.3 Å². The van der Waals surface area contributed by atoms with Crippen LogP contribution in [0.2, 0.25) is 0 Å². The molecule has 0 saturated carbocycles. The molecule has 0 aromatic carbocycles. The third kappa shape index (κ3) is 2.61. The van der Waals surface area contributed by atoms with Gasteiger partial charge in [-0.05, 0) is 0 Å². The molecule has 1 atom stereocenters. The number of nitrogens with zero attached hydrogens (tertiary/aromatic N) is 5. The molecule has 0 bridgehead atoms. The molecule has 0 radical (unpaired) electrons. The third-order valence-corrected chi connectivity index (χ3v) is 4.19. The van der Waals surface area contributed by atoms with Gasteiger partial charge in [0, 0.05) is 27.2 Å². The van der Waals surface area contributed by atoms with Gasteiger partial charge in [-0.1, -0.05) is 0 Å². The second kappa shape index (κ2) is 6.36. The van der Waals surface area contributed by atoms with Crippen molar-refractivity contribution >= 4 is 17.1 Å². The quantitative estimate of drug-likeness (QED) is 0.735. The predicted octanol–water partition coefficient (Wildman–Crippen LogP) is -1.40. The van der Waals surface area contributed by atoms with Gasteiger partial charge in [-0.25, -0.2) is 9.18 Å². The smallest absolute Gasteiger partial charge is 0.332 e. The van der Waals surface area contributed by atoms with Crippen LogP contribution in [0.15, 0.2) is 9.59 Å². The number of imidazole rings is 1. The summed E-state index contributed by atoms with van der Waals surface area (Å²) in [5, 5.41) is 9.75. The Balaban J connectivity index is 2.28. The van der Waals surface area contributed by atoms with Crippen LogP contribution in [0, 0.1) is 0 Å². The van der Waals surface area contributed by atoms with Gasteiger partial charge in [0.15, 0.2) is 11.2 Å². The van der Waals surface area contributed by atoms with E-state index in [9.17, 15) is 19.1 Å². The van der Waals surface area contributed by atoms with Crippen molar-refractivity contribution in [2.75, 3.05) is 37.9 Å². The first-order valence-electron chi connectivity index (χ1n) is 7.68. The Labute approximate surface area is 136 Å². The van der Waals surface area contributed by atoms with Gasteiger partial charge in [0.1, 0.15) is 12.8 Å². The molecule has 3 rings (SSSR count). The summed E-state index contributed by atoms with van der Waals surface area (Å²) in [5.74, 6) is 0.430. The van der Waals surface area contributed by atoms with Gasteiger partial charge < -0.3 is 19.3 Å². The molecule has 1 aliphatic rings. The van der Waals surface area contributed by atoms with E-state index in [1.807, 2.05) is 4.90 Å². The van der Waals surface area contributed by atoms with Crippen molar-refractivity contribution in [1.82, 2.24) is 18.7 Å². The lowest BCUT2D eigenvalue weighted by atomic mass is 10.3. The van der Waals surface area contributed by atoms with Crippen molar-refractivity contribution in [1.29, 1.82) is 0 Å². The summed E-state index contributed by atoms with van der Waals surface area (Å²) in [7, 11) is 2.90. The lowest BCUT2D eigenvalue weighted by Crippen LogP contribution is -2.39. The molecule has 10 heteroatoms. The molecule has 1 fully saturated rings. The molecular formula is C14H20FN5O4. The van der Waals surface area contributed by atoms with E-state index in [0.29, 0.717) is 32.3 Å². The lowest BCUT2D eigenvalue weighted by molar-refractivity contribution is 0.116. The van der Waals surface area contributed by atoms with Crippen molar-refractivity contribution in [2.24, 2.45) is 14.1 Å². The molecular weight excluding hydrogens is 321 g/mol.